The second-order valence-electron chi connectivity index (χ2n) is 6.70. The second-order valence-corrected chi connectivity index (χ2v) is 7.54. The van der Waals surface area contributed by atoms with Gasteiger partial charge in [-0.1, -0.05) is 53.5 Å². The number of para-hydroxylation sites is 2. The number of nitrogens with one attached hydrogen (secondary N) is 1. The Balaban J connectivity index is 1.64. The van der Waals surface area contributed by atoms with Gasteiger partial charge in [0.05, 0.1) is 16.3 Å². The fourth-order valence-corrected chi connectivity index (χ4v) is 3.12. The average molecular weight is 498 g/mol. The summed E-state index contributed by atoms with van der Waals surface area (Å²) in [5.41, 5.74) is -0.870. The molecule has 0 atom stereocenters. The van der Waals surface area contributed by atoms with Crippen LogP contribution in [0.15, 0.2) is 66.7 Å². The summed E-state index contributed by atoms with van der Waals surface area (Å²) < 4.78 is 50.1. The van der Waals surface area contributed by atoms with Gasteiger partial charge in [-0.05, 0) is 42.0 Å². The van der Waals surface area contributed by atoms with Crippen molar-refractivity contribution >= 4 is 40.8 Å². The maximum atomic E-state index is 13.2. The summed E-state index contributed by atoms with van der Waals surface area (Å²) in [7, 11) is 0. The van der Waals surface area contributed by atoms with Crippen LogP contribution in [0.5, 0.6) is 5.75 Å². The molecule has 10 heteroatoms. The molecule has 0 aliphatic heterocycles. The zero-order chi connectivity index (χ0) is 24.0. The van der Waals surface area contributed by atoms with Crippen molar-refractivity contribution in [3.63, 3.8) is 0 Å². The summed E-state index contributed by atoms with van der Waals surface area (Å²) in [4.78, 5) is 24.6. The molecule has 3 aromatic carbocycles. The molecule has 0 radical (unpaired) electrons. The number of carbonyl (C=O) groups is 2. The van der Waals surface area contributed by atoms with Crippen molar-refractivity contribution < 1.29 is 32.2 Å². The van der Waals surface area contributed by atoms with E-state index in [1.54, 1.807) is 42.5 Å². The molecule has 0 spiro atoms. The molecule has 0 saturated carbocycles. The first-order valence-corrected chi connectivity index (χ1v) is 10.2. The largest absolute Gasteiger partial charge is 0.488 e. The van der Waals surface area contributed by atoms with E-state index in [-0.39, 0.29) is 22.9 Å². The molecule has 0 aliphatic carbocycles. The number of rotatable bonds is 7. The lowest BCUT2D eigenvalue weighted by atomic mass is 10.1. The molecule has 1 amide bonds. The standard InChI is InChI=1S/C23H16Cl2F3NO4/c24-15-10-8-14(9-11-15)12-32-19-7-2-1-4-16(19)22(31)33-13-20(30)29-21-17(23(26,27)28)5-3-6-18(21)25/h1-11H,12-13H2,(H,29,30). The first-order chi connectivity index (χ1) is 15.6. The zero-order valence-corrected chi connectivity index (χ0v) is 18.3. The molecular formula is C23H16Cl2F3NO4. The van der Waals surface area contributed by atoms with Gasteiger partial charge in [-0.15, -0.1) is 0 Å². The van der Waals surface area contributed by atoms with E-state index in [2.05, 4.69) is 0 Å². The maximum Gasteiger partial charge on any atom is 0.418 e. The van der Waals surface area contributed by atoms with Gasteiger partial charge >= 0.3 is 12.1 Å². The maximum absolute atomic E-state index is 13.2. The summed E-state index contributed by atoms with van der Waals surface area (Å²) >= 11 is 11.7. The number of hydrogen-bond donors (Lipinski definition) is 1. The Kier molecular flexibility index (Phi) is 7.84. The van der Waals surface area contributed by atoms with Crippen molar-refractivity contribution in [2.75, 3.05) is 11.9 Å². The van der Waals surface area contributed by atoms with Crippen LogP contribution in [-0.2, 0) is 22.3 Å². The third-order valence-corrected chi connectivity index (χ3v) is 4.90. The number of amides is 1. The average Bonchev–Trinajstić information content (AvgIpc) is 2.78. The summed E-state index contributed by atoms with van der Waals surface area (Å²) in [5.74, 6) is -1.66. The van der Waals surface area contributed by atoms with Crippen LogP contribution in [0.3, 0.4) is 0 Å². The lowest BCUT2D eigenvalue weighted by Gasteiger charge is -2.15. The molecule has 1 N–H and O–H groups in total. The fourth-order valence-electron chi connectivity index (χ4n) is 2.77. The van der Waals surface area contributed by atoms with E-state index in [9.17, 15) is 22.8 Å². The van der Waals surface area contributed by atoms with Gasteiger partial charge in [0.1, 0.15) is 17.9 Å². The predicted octanol–water partition coefficient (Wildman–Crippen LogP) is 6.39. The molecule has 0 fully saturated rings. The van der Waals surface area contributed by atoms with E-state index in [0.717, 1.165) is 17.7 Å². The van der Waals surface area contributed by atoms with Crippen molar-refractivity contribution in [1.82, 2.24) is 0 Å². The number of esters is 1. The molecule has 3 rings (SSSR count). The Morgan fingerprint density at radius 3 is 2.30 bits per heavy atom. The van der Waals surface area contributed by atoms with Crippen LogP contribution in [0, 0.1) is 0 Å². The highest BCUT2D eigenvalue weighted by Crippen LogP contribution is 2.38. The number of carbonyl (C=O) groups excluding carboxylic acids is 2. The summed E-state index contributed by atoms with van der Waals surface area (Å²) in [5, 5.41) is 2.32. The summed E-state index contributed by atoms with van der Waals surface area (Å²) in [6.45, 7) is -0.679. The monoisotopic (exact) mass is 497 g/mol. The van der Waals surface area contributed by atoms with Crippen molar-refractivity contribution in [2.24, 2.45) is 0 Å². The molecule has 0 saturated heterocycles. The Hall–Kier alpha value is -3.23. The lowest BCUT2D eigenvalue weighted by Crippen LogP contribution is -2.23. The molecular weight excluding hydrogens is 482 g/mol. The molecule has 0 unspecified atom stereocenters. The first kappa shape index (κ1) is 24.4. The second kappa shape index (κ2) is 10.6. The minimum Gasteiger partial charge on any atom is -0.488 e. The third kappa shape index (κ3) is 6.63. The quantitative estimate of drug-likeness (QED) is 0.384. The van der Waals surface area contributed by atoms with Crippen molar-refractivity contribution in [2.45, 2.75) is 12.8 Å². The molecule has 0 aliphatic rings. The van der Waals surface area contributed by atoms with Crippen LogP contribution in [0.25, 0.3) is 0 Å². The summed E-state index contributed by atoms with van der Waals surface area (Å²) in [6.07, 6.45) is -4.73. The highest BCUT2D eigenvalue weighted by atomic mass is 35.5. The van der Waals surface area contributed by atoms with E-state index in [1.807, 2.05) is 5.32 Å². The predicted molar refractivity (Wildman–Crippen MR) is 118 cm³/mol. The molecule has 0 heterocycles. The minimum absolute atomic E-state index is 0.0491. The Labute approximate surface area is 197 Å². The normalized spacial score (nSPS) is 11.1. The van der Waals surface area contributed by atoms with E-state index in [1.165, 1.54) is 12.1 Å². The topological polar surface area (TPSA) is 64.6 Å². The molecule has 0 bridgehead atoms. The zero-order valence-electron chi connectivity index (χ0n) is 16.8. The van der Waals surface area contributed by atoms with Crippen LogP contribution in [0.2, 0.25) is 10.0 Å². The Bertz CT molecular complexity index is 1150. The number of hydrogen-bond acceptors (Lipinski definition) is 4. The number of benzene rings is 3. The smallest absolute Gasteiger partial charge is 0.418 e. The van der Waals surface area contributed by atoms with Gasteiger partial charge in [0.25, 0.3) is 5.91 Å². The van der Waals surface area contributed by atoms with Crippen molar-refractivity contribution in [1.29, 1.82) is 0 Å². The number of alkyl halides is 3. The molecule has 5 nitrogen and oxygen atoms in total. The Morgan fingerprint density at radius 1 is 0.909 bits per heavy atom. The van der Waals surface area contributed by atoms with Crippen LogP contribution in [0.1, 0.15) is 21.5 Å². The van der Waals surface area contributed by atoms with Crippen LogP contribution < -0.4 is 10.1 Å². The highest BCUT2D eigenvalue weighted by Gasteiger charge is 2.34. The minimum atomic E-state index is -4.73. The fraction of sp³-hybridized carbons (Fsp3) is 0.130. The van der Waals surface area contributed by atoms with Gasteiger partial charge < -0.3 is 14.8 Å². The molecule has 172 valence electrons. The van der Waals surface area contributed by atoms with E-state index in [4.69, 9.17) is 32.7 Å². The van der Waals surface area contributed by atoms with Crippen LogP contribution in [-0.4, -0.2) is 18.5 Å². The number of halogens is 5. The van der Waals surface area contributed by atoms with E-state index < -0.39 is 35.9 Å². The van der Waals surface area contributed by atoms with E-state index >= 15 is 0 Å². The van der Waals surface area contributed by atoms with Crippen LogP contribution in [0.4, 0.5) is 18.9 Å². The van der Waals surface area contributed by atoms with Gasteiger partial charge in [-0.3, -0.25) is 4.79 Å². The van der Waals surface area contributed by atoms with Gasteiger partial charge in [-0.2, -0.15) is 13.2 Å². The first-order valence-electron chi connectivity index (χ1n) is 9.44. The van der Waals surface area contributed by atoms with Gasteiger partial charge in [0.15, 0.2) is 6.61 Å². The summed E-state index contributed by atoms with van der Waals surface area (Å²) in [6, 6.07) is 16.2. The number of anilines is 1. The van der Waals surface area contributed by atoms with Crippen LogP contribution >= 0.6 is 23.2 Å². The van der Waals surface area contributed by atoms with Crippen molar-refractivity contribution in [3.8, 4) is 5.75 Å². The lowest BCUT2D eigenvalue weighted by molar-refractivity contribution is -0.137. The van der Waals surface area contributed by atoms with Crippen molar-refractivity contribution in [3.05, 3.63) is 93.5 Å². The van der Waals surface area contributed by atoms with E-state index in [0.29, 0.717) is 5.02 Å². The van der Waals surface area contributed by atoms with Gasteiger partial charge in [-0.25, -0.2) is 4.79 Å². The Morgan fingerprint density at radius 2 is 1.61 bits per heavy atom. The molecule has 0 aromatic heterocycles. The third-order valence-electron chi connectivity index (χ3n) is 4.33. The van der Waals surface area contributed by atoms with Gasteiger partial charge in [0, 0.05) is 5.02 Å². The molecule has 33 heavy (non-hydrogen) atoms. The molecule has 3 aromatic rings. The number of ether oxygens (including phenoxy) is 2. The van der Waals surface area contributed by atoms with Gasteiger partial charge in [0.2, 0.25) is 0 Å². The highest BCUT2D eigenvalue weighted by molar-refractivity contribution is 6.34. The SMILES string of the molecule is O=C(COC(=O)c1ccccc1OCc1ccc(Cl)cc1)Nc1c(Cl)cccc1C(F)(F)F.